The van der Waals surface area contributed by atoms with E-state index in [0.717, 1.165) is 11.1 Å². The molecule has 3 aromatic carbocycles. The normalized spacial score (nSPS) is 17.2. The second-order valence-corrected chi connectivity index (χ2v) is 8.52. The molecule has 0 aliphatic carbocycles. The van der Waals surface area contributed by atoms with Gasteiger partial charge in [0.2, 0.25) is 0 Å². The molecule has 3 aromatic rings. The molecule has 0 radical (unpaired) electrons. The average molecular weight is 478 g/mol. The minimum atomic E-state index is -0.839. The van der Waals surface area contributed by atoms with Crippen LogP contribution in [0.4, 0.5) is 5.69 Å². The van der Waals surface area contributed by atoms with Crippen LogP contribution in [0, 0.1) is 13.8 Å². The fourth-order valence-electron chi connectivity index (χ4n) is 4.33. The Morgan fingerprint density at radius 2 is 1.53 bits per heavy atom. The minimum Gasteiger partial charge on any atom is -0.507 e. The maximum atomic E-state index is 13.4. The van der Waals surface area contributed by atoms with E-state index in [1.807, 2.05) is 62.4 Å². The quantitative estimate of drug-likeness (QED) is 0.294. The van der Waals surface area contributed by atoms with Crippen LogP contribution in [0.2, 0.25) is 5.02 Å². The van der Waals surface area contributed by atoms with Gasteiger partial charge in [0.25, 0.3) is 11.7 Å². The Morgan fingerprint density at radius 3 is 2.12 bits per heavy atom. The highest BCUT2D eigenvalue weighted by Crippen LogP contribution is 2.45. The van der Waals surface area contributed by atoms with E-state index in [9.17, 15) is 14.7 Å². The van der Waals surface area contributed by atoms with Gasteiger partial charge in [-0.1, -0.05) is 48.0 Å². The number of carbonyl (C=O) groups excluding carboxylic acids is 2. The van der Waals surface area contributed by atoms with E-state index in [1.54, 1.807) is 0 Å². The first-order valence-electron chi connectivity index (χ1n) is 10.6. The fraction of sp³-hybridized carbons (Fsp3) is 0.185. The molecule has 1 aliphatic heterocycles. The zero-order valence-corrected chi connectivity index (χ0v) is 20.0. The largest absolute Gasteiger partial charge is 0.507 e. The van der Waals surface area contributed by atoms with Gasteiger partial charge >= 0.3 is 0 Å². The monoisotopic (exact) mass is 477 g/mol. The molecule has 1 saturated heterocycles. The molecule has 1 fully saturated rings. The summed E-state index contributed by atoms with van der Waals surface area (Å²) in [5.74, 6) is -1.34. The first-order valence-corrected chi connectivity index (χ1v) is 11.0. The van der Waals surface area contributed by atoms with Gasteiger partial charge in [0.05, 0.1) is 36.4 Å². The number of anilines is 1. The number of hydrogen-bond donors (Lipinski definition) is 1. The number of benzene rings is 3. The van der Waals surface area contributed by atoms with Crippen LogP contribution < -0.4 is 14.4 Å². The molecule has 7 heteroatoms. The number of ether oxygens (including phenoxy) is 2. The molecule has 174 valence electrons. The van der Waals surface area contributed by atoms with Crippen molar-refractivity contribution in [1.29, 1.82) is 0 Å². The standard InChI is InChI=1S/C27H24ClNO5/c1-15-10-16(2)12-18(11-15)29-24(17-8-6-5-7-9-17)23(26(31)27(29)32)25(30)19-13-22(34-4)20(28)14-21(19)33-3/h5-14,24,30H,1-4H3/b25-23+. The van der Waals surface area contributed by atoms with E-state index in [4.69, 9.17) is 21.1 Å². The molecule has 1 aliphatic rings. The number of ketones is 1. The molecule has 1 amide bonds. The topological polar surface area (TPSA) is 76.1 Å². The van der Waals surface area contributed by atoms with Gasteiger partial charge < -0.3 is 14.6 Å². The second-order valence-electron chi connectivity index (χ2n) is 8.11. The molecular weight excluding hydrogens is 454 g/mol. The van der Waals surface area contributed by atoms with Crippen LogP contribution in [0.25, 0.3) is 5.76 Å². The van der Waals surface area contributed by atoms with Crippen molar-refractivity contribution in [3.63, 3.8) is 0 Å². The van der Waals surface area contributed by atoms with Gasteiger partial charge in [-0.15, -0.1) is 0 Å². The van der Waals surface area contributed by atoms with Crippen LogP contribution in [-0.2, 0) is 9.59 Å². The lowest BCUT2D eigenvalue weighted by molar-refractivity contribution is -0.132. The van der Waals surface area contributed by atoms with Gasteiger partial charge in [0.1, 0.15) is 17.3 Å². The van der Waals surface area contributed by atoms with Crippen molar-refractivity contribution in [1.82, 2.24) is 0 Å². The van der Waals surface area contributed by atoms with E-state index in [1.165, 1.54) is 31.3 Å². The smallest absolute Gasteiger partial charge is 0.300 e. The highest BCUT2D eigenvalue weighted by molar-refractivity contribution is 6.51. The molecule has 1 atom stereocenters. The Morgan fingerprint density at radius 1 is 0.912 bits per heavy atom. The van der Waals surface area contributed by atoms with Gasteiger partial charge in [-0.3, -0.25) is 14.5 Å². The van der Waals surface area contributed by atoms with Crippen molar-refractivity contribution >= 4 is 34.7 Å². The van der Waals surface area contributed by atoms with Gasteiger partial charge in [-0.25, -0.2) is 0 Å². The molecule has 34 heavy (non-hydrogen) atoms. The molecule has 0 bridgehead atoms. The lowest BCUT2D eigenvalue weighted by Gasteiger charge is -2.26. The SMILES string of the molecule is COc1cc(/C(O)=C2\C(=O)C(=O)N(c3cc(C)cc(C)c3)C2c2ccccc2)c(OC)cc1Cl. The van der Waals surface area contributed by atoms with Gasteiger partial charge in [-0.2, -0.15) is 0 Å². The Labute approximate surface area is 203 Å². The molecule has 1 heterocycles. The molecule has 0 aromatic heterocycles. The van der Waals surface area contributed by atoms with Crippen molar-refractivity contribution in [2.24, 2.45) is 0 Å². The number of aryl methyl sites for hydroxylation is 2. The van der Waals surface area contributed by atoms with Crippen LogP contribution in [0.15, 0.2) is 66.2 Å². The van der Waals surface area contributed by atoms with Crippen LogP contribution in [0.5, 0.6) is 11.5 Å². The lowest BCUT2D eigenvalue weighted by atomic mass is 9.94. The van der Waals surface area contributed by atoms with E-state index in [-0.39, 0.29) is 27.7 Å². The lowest BCUT2D eigenvalue weighted by Crippen LogP contribution is -2.29. The van der Waals surface area contributed by atoms with Crippen molar-refractivity contribution in [2.45, 2.75) is 19.9 Å². The number of nitrogens with zero attached hydrogens (tertiary/aromatic N) is 1. The number of amides is 1. The summed E-state index contributed by atoms with van der Waals surface area (Å²) in [6.07, 6.45) is 0. The summed E-state index contributed by atoms with van der Waals surface area (Å²) in [5.41, 5.74) is 3.32. The number of rotatable bonds is 5. The fourth-order valence-corrected chi connectivity index (χ4v) is 4.56. The number of Topliss-reactive ketones (excluding diaryl/α,β-unsaturated/α-hetero) is 1. The number of hydrogen-bond acceptors (Lipinski definition) is 5. The van der Waals surface area contributed by atoms with Crippen LogP contribution in [0.3, 0.4) is 0 Å². The van der Waals surface area contributed by atoms with Crippen LogP contribution in [0.1, 0.15) is 28.3 Å². The number of aliphatic hydroxyl groups excluding tert-OH is 1. The highest BCUT2D eigenvalue weighted by Gasteiger charge is 2.47. The summed E-state index contributed by atoms with van der Waals surface area (Å²) in [4.78, 5) is 28.1. The minimum absolute atomic E-state index is 0.0435. The predicted octanol–water partition coefficient (Wildman–Crippen LogP) is 5.60. The maximum absolute atomic E-state index is 13.4. The number of methoxy groups -OCH3 is 2. The summed E-state index contributed by atoms with van der Waals surface area (Å²) in [6, 6.07) is 17.0. The zero-order chi connectivity index (χ0) is 24.6. The van der Waals surface area contributed by atoms with Gasteiger partial charge in [-0.05, 0) is 48.7 Å². The molecular formula is C27H24ClNO5. The van der Waals surface area contributed by atoms with Crippen LogP contribution in [-0.4, -0.2) is 31.0 Å². The van der Waals surface area contributed by atoms with Gasteiger partial charge in [0.15, 0.2) is 0 Å². The summed E-state index contributed by atoms with van der Waals surface area (Å²) >= 11 is 6.22. The molecule has 1 N–H and O–H groups in total. The van der Waals surface area contributed by atoms with Crippen molar-refractivity contribution in [2.75, 3.05) is 19.1 Å². The van der Waals surface area contributed by atoms with Gasteiger partial charge in [0, 0.05) is 11.8 Å². The van der Waals surface area contributed by atoms with E-state index in [2.05, 4.69) is 0 Å². The molecule has 0 spiro atoms. The number of halogens is 1. The third kappa shape index (κ3) is 4.01. The molecule has 6 nitrogen and oxygen atoms in total. The summed E-state index contributed by atoms with van der Waals surface area (Å²) < 4.78 is 10.7. The Hall–Kier alpha value is -3.77. The number of aliphatic hydroxyl groups is 1. The van der Waals surface area contributed by atoms with E-state index < -0.39 is 17.7 Å². The third-order valence-electron chi connectivity index (χ3n) is 5.77. The maximum Gasteiger partial charge on any atom is 0.300 e. The van der Waals surface area contributed by atoms with E-state index in [0.29, 0.717) is 17.0 Å². The van der Waals surface area contributed by atoms with Crippen molar-refractivity contribution in [3.05, 3.63) is 93.5 Å². The van der Waals surface area contributed by atoms with E-state index >= 15 is 0 Å². The van der Waals surface area contributed by atoms with Crippen molar-refractivity contribution < 1.29 is 24.2 Å². The Balaban J connectivity index is 2.01. The predicted molar refractivity (Wildman–Crippen MR) is 132 cm³/mol. The molecule has 1 unspecified atom stereocenters. The zero-order valence-electron chi connectivity index (χ0n) is 19.3. The molecule has 0 saturated carbocycles. The highest BCUT2D eigenvalue weighted by atomic mass is 35.5. The Bertz CT molecular complexity index is 1300. The first kappa shape index (κ1) is 23.4. The van der Waals surface area contributed by atoms with Crippen molar-refractivity contribution in [3.8, 4) is 11.5 Å². The first-order chi connectivity index (χ1) is 16.3. The summed E-state index contributed by atoms with van der Waals surface area (Å²) in [7, 11) is 2.87. The third-order valence-corrected chi connectivity index (χ3v) is 6.07. The second kappa shape index (κ2) is 9.23. The molecule has 4 rings (SSSR count). The summed E-state index contributed by atoms with van der Waals surface area (Å²) in [5, 5.41) is 11.7. The number of carbonyl (C=O) groups is 2. The summed E-state index contributed by atoms with van der Waals surface area (Å²) in [6.45, 7) is 3.85. The average Bonchev–Trinajstić information content (AvgIpc) is 3.08. The Kier molecular flexibility index (Phi) is 6.35. The van der Waals surface area contributed by atoms with Crippen LogP contribution >= 0.6 is 11.6 Å².